The average molecular weight is 198 g/mol. The number of rotatable bonds is 3. The molecule has 1 fully saturated rings. The van der Waals surface area contributed by atoms with Crippen LogP contribution in [0.4, 0.5) is 10.7 Å². The lowest BCUT2D eigenvalue weighted by atomic mass is 9.93. The van der Waals surface area contributed by atoms with Crippen molar-refractivity contribution >= 4 is 22.0 Å². The molecule has 70 valence electrons. The van der Waals surface area contributed by atoms with Gasteiger partial charge in [-0.15, -0.1) is 0 Å². The van der Waals surface area contributed by atoms with Crippen LogP contribution < -0.4 is 5.32 Å². The van der Waals surface area contributed by atoms with Crippen LogP contribution in [0.5, 0.6) is 0 Å². The van der Waals surface area contributed by atoms with E-state index in [0.29, 0.717) is 11.7 Å². The van der Waals surface area contributed by atoms with Crippen molar-refractivity contribution in [1.29, 1.82) is 0 Å². The Morgan fingerprint density at radius 2 is 2.38 bits per heavy atom. The molecule has 5 heteroatoms. The Morgan fingerprint density at radius 3 is 2.92 bits per heavy atom. The van der Waals surface area contributed by atoms with Crippen LogP contribution in [0.1, 0.15) is 19.3 Å². The molecule has 0 bridgehead atoms. The first-order chi connectivity index (χ1) is 6.27. The first-order valence-electron chi connectivity index (χ1n) is 4.26. The van der Waals surface area contributed by atoms with E-state index in [1.807, 2.05) is 0 Å². The minimum absolute atomic E-state index is 0.229. The lowest BCUT2D eigenvalue weighted by molar-refractivity contribution is -0.379. The van der Waals surface area contributed by atoms with E-state index in [-0.39, 0.29) is 9.92 Å². The summed E-state index contributed by atoms with van der Waals surface area (Å²) >= 11 is 1.17. The molecular formula is C8H10N2O2S. The molecule has 1 saturated carbocycles. The highest BCUT2D eigenvalue weighted by molar-refractivity contribution is 7.14. The third kappa shape index (κ3) is 1.65. The highest BCUT2D eigenvalue weighted by Crippen LogP contribution is 2.33. The fourth-order valence-corrected chi connectivity index (χ4v) is 2.00. The largest absolute Gasteiger partial charge is 0.376 e. The zero-order chi connectivity index (χ0) is 9.26. The molecule has 0 saturated heterocycles. The molecule has 4 nitrogen and oxygen atoms in total. The summed E-state index contributed by atoms with van der Waals surface area (Å²) in [6.07, 6.45) is 3.50. The fourth-order valence-electron chi connectivity index (χ4n) is 1.33. The van der Waals surface area contributed by atoms with Gasteiger partial charge in [0.1, 0.15) is 5.69 Å². The fraction of sp³-hybridized carbons (Fsp3) is 0.500. The van der Waals surface area contributed by atoms with E-state index in [1.54, 1.807) is 11.4 Å². The second-order valence-electron chi connectivity index (χ2n) is 3.17. The molecule has 2 rings (SSSR count). The molecule has 1 aliphatic rings. The first-order valence-corrected chi connectivity index (χ1v) is 5.14. The van der Waals surface area contributed by atoms with Crippen molar-refractivity contribution in [2.45, 2.75) is 25.3 Å². The van der Waals surface area contributed by atoms with E-state index in [4.69, 9.17) is 0 Å². The number of nitrogens with one attached hydrogen (secondary N) is 1. The second-order valence-corrected chi connectivity index (χ2v) is 4.06. The van der Waals surface area contributed by atoms with Gasteiger partial charge in [-0.1, -0.05) is 11.3 Å². The lowest BCUT2D eigenvalue weighted by Gasteiger charge is -2.26. The van der Waals surface area contributed by atoms with Gasteiger partial charge < -0.3 is 5.32 Å². The molecule has 1 aromatic rings. The third-order valence-corrected chi connectivity index (χ3v) is 3.14. The Hall–Kier alpha value is -1.10. The number of hydrogen-bond donors (Lipinski definition) is 1. The van der Waals surface area contributed by atoms with Gasteiger partial charge in [-0.2, -0.15) is 0 Å². The smallest absolute Gasteiger partial charge is 0.347 e. The van der Waals surface area contributed by atoms with Crippen LogP contribution in [0.15, 0.2) is 11.4 Å². The Bertz CT molecular complexity index is 320. The van der Waals surface area contributed by atoms with E-state index in [2.05, 4.69) is 5.32 Å². The molecule has 0 aliphatic heterocycles. The predicted octanol–water partition coefficient (Wildman–Crippen LogP) is 2.62. The van der Waals surface area contributed by atoms with Gasteiger partial charge in [0.25, 0.3) is 0 Å². The van der Waals surface area contributed by atoms with Gasteiger partial charge in [0.15, 0.2) is 0 Å². The van der Waals surface area contributed by atoms with Gasteiger partial charge in [0, 0.05) is 6.04 Å². The number of nitrogens with zero attached hydrogens (tertiary/aromatic N) is 1. The van der Waals surface area contributed by atoms with Gasteiger partial charge in [-0.05, 0) is 30.7 Å². The summed E-state index contributed by atoms with van der Waals surface area (Å²) in [7, 11) is 0. The minimum atomic E-state index is -0.328. The molecular weight excluding hydrogens is 188 g/mol. The topological polar surface area (TPSA) is 55.2 Å². The van der Waals surface area contributed by atoms with Crippen LogP contribution in [0.3, 0.4) is 0 Å². The monoisotopic (exact) mass is 198 g/mol. The summed E-state index contributed by atoms with van der Waals surface area (Å²) in [5, 5.41) is 15.7. The zero-order valence-electron chi connectivity index (χ0n) is 7.03. The molecule has 0 atom stereocenters. The molecule has 13 heavy (non-hydrogen) atoms. The molecule has 1 aliphatic carbocycles. The van der Waals surface area contributed by atoms with Crippen molar-refractivity contribution in [2.24, 2.45) is 0 Å². The lowest BCUT2D eigenvalue weighted by Crippen LogP contribution is -2.26. The summed E-state index contributed by atoms with van der Waals surface area (Å²) in [6, 6.07) is 2.23. The highest BCUT2D eigenvalue weighted by Gasteiger charge is 2.22. The Balaban J connectivity index is 2.09. The summed E-state index contributed by atoms with van der Waals surface area (Å²) < 4.78 is 0. The summed E-state index contributed by atoms with van der Waals surface area (Å²) in [5.41, 5.74) is 0.680. The van der Waals surface area contributed by atoms with Crippen molar-refractivity contribution in [1.82, 2.24) is 0 Å². The van der Waals surface area contributed by atoms with Gasteiger partial charge in [0.2, 0.25) is 0 Å². The molecule has 1 N–H and O–H groups in total. The maximum absolute atomic E-state index is 10.5. The van der Waals surface area contributed by atoms with Gasteiger partial charge >= 0.3 is 5.00 Å². The molecule has 1 heterocycles. The standard InChI is InChI=1S/C8H10N2O2S/c11-10(12)8-7(4-5-13-8)9-6-2-1-3-6/h4-6,9H,1-3H2. The number of anilines is 1. The van der Waals surface area contributed by atoms with E-state index in [1.165, 1.54) is 17.8 Å². The van der Waals surface area contributed by atoms with Gasteiger partial charge in [0.05, 0.1) is 4.92 Å². The third-order valence-electron chi connectivity index (χ3n) is 2.28. The van der Waals surface area contributed by atoms with Crippen molar-refractivity contribution < 1.29 is 4.92 Å². The van der Waals surface area contributed by atoms with Gasteiger partial charge in [-0.25, -0.2) is 0 Å². The molecule has 0 amide bonds. The van der Waals surface area contributed by atoms with Crippen LogP contribution in [-0.4, -0.2) is 11.0 Å². The number of thiophene rings is 1. The van der Waals surface area contributed by atoms with E-state index >= 15 is 0 Å². The SMILES string of the molecule is O=[N+]([O-])c1sccc1NC1CCC1. The van der Waals surface area contributed by atoms with Gasteiger partial charge in [-0.3, -0.25) is 10.1 Å². The van der Waals surface area contributed by atoms with Crippen LogP contribution in [-0.2, 0) is 0 Å². The highest BCUT2D eigenvalue weighted by atomic mass is 32.1. The Morgan fingerprint density at radius 1 is 1.62 bits per heavy atom. The second kappa shape index (κ2) is 3.33. The minimum Gasteiger partial charge on any atom is -0.376 e. The normalized spacial score (nSPS) is 16.6. The summed E-state index contributed by atoms with van der Waals surface area (Å²) in [4.78, 5) is 10.2. The van der Waals surface area contributed by atoms with Crippen molar-refractivity contribution in [2.75, 3.05) is 5.32 Å². The average Bonchev–Trinajstić information content (AvgIpc) is 2.44. The van der Waals surface area contributed by atoms with E-state index in [9.17, 15) is 10.1 Å². The van der Waals surface area contributed by atoms with Crippen LogP contribution in [0.25, 0.3) is 0 Å². The van der Waals surface area contributed by atoms with Crippen LogP contribution in [0.2, 0.25) is 0 Å². The predicted molar refractivity (Wildman–Crippen MR) is 52.2 cm³/mol. The maximum atomic E-state index is 10.5. The maximum Gasteiger partial charge on any atom is 0.347 e. The number of nitro groups is 1. The zero-order valence-corrected chi connectivity index (χ0v) is 7.84. The van der Waals surface area contributed by atoms with E-state index in [0.717, 1.165) is 12.8 Å². The summed E-state index contributed by atoms with van der Waals surface area (Å²) in [5.74, 6) is 0. The van der Waals surface area contributed by atoms with Crippen molar-refractivity contribution in [3.63, 3.8) is 0 Å². The first kappa shape index (κ1) is 8.50. The molecule has 0 unspecified atom stereocenters. The van der Waals surface area contributed by atoms with Crippen LogP contribution >= 0.6 is 11.3 Å². The van der Waals surface area contributed by atoms with Crippen molar-refractivity contribution in [3.05, 3.63) is 21.6 Å². The molecule has 0 spiro atoms. The Kier molecular flexibility index (Phi) is 2.18. The molecule has 1 aromatic heterocycles. The summed E-state index contributed by atoms with van der Waals surface area (Å²) in [6.45, 7) is 0. The van der Waals surface area contributed by atoms with Crippen molar-refractivity contribution in [3.8, 4) is 0 Å². The van der Waals surface area contributed by atoms with Crippen LogP contribution in [0, 0.1) is 10.1 Å². The quantitative estimate of drug-likeness (QED) is 0.600. The number of hydrogen-bond acceptors (Lipinski definition) is 4. The molecule has 0 radical (unpaired) electrons. The van der Waals surface area contributed by atoms with E-state index < -0.39 is 0 Å². The molecule has 0 aromatic carbocycles. The Labute approximate surface area is 79.7 Å².